The van der Waals surface area contributed by atoms with Crippen LogP contribution in [0.25, 0.3) is 0 Å². The summed E-state index contributed by atoms with van der Waals surface area (Å²) in [5, 5.41) is 9.92. The van der Waals surface area contributed by atoms with Crippen molar-refractivity contribution in [2.75, 3.05) is 6.61 Å². The Morgan fingerprint density at radius 2 is 1.96 bits per heavy atom. The average molecular weight is 320 g/mol. The lowest BCUT2D eigenvalue weighted by Gasteiger charge is -2.35. The molecular formula is C19H33BO3. The van der Waals surface area contributed by atoms with E-state index in [1.54, 1.807) is 0 Å². The Morgan fingerprint density at radius 3 is 2.52 bits per heavy atom. The predicted molar refractivity (Wildman–Crippen MR) is 96.4 cm³/mol. The molecule has 0 aromatic heterocycles. The van der Waals surface area contributed by atoms with Crippen LogP contribution in [0.2, 0.25) is 5.82 Å². The number of aliphatic hydroxyl groups is 1. The topological polar surface area (TPSA) is 38.7 Å². The van der Waals surface area contributed by atoms with Crippen molar-refractivity contribution in [1.29, 1.82) is 0 Å². The van der Waals surface area contributed by atoms with Gasteiger partial charge in [0.05, 0.1) is 17.8 Å². The zero-order chi connectivity index (χ0) is 17.3. The van der Waals surface area contributed by atoms with E-state index < -0.39 is 0 Å². The third-order valence-electron chi connectivity index (χ3n) is 5.95. The molecule has 3 atom stereocenters. The maximum absolute atomic E-state index is 9.92. The van der Waals surface area contributed by atoms with E-state index in [9.17, 15) is 5.11 Å². The van der Waals surface area contributed by atoms with Gasteiger partial charge in [-0.05, 0) is 58.4 Å². The van der Waals surface area contributed by atoms with E-state index >= 15 is 0 Å². The second-order valence-electron chi connectivity index (χ2n) is 8.05. The molecule has 3 nitrogen and oxygen atoms in total. The van der Waals surface area contributed by atoms with Crippen molar-refractivity contribution in [2.24, 2.45) is 5.92 Å². The highest BCUT2D eigenvalue weighted by Crippen LogP contribution is 2.45. The Kier molecular flexibility index (Phi) is 5.81. The minimum absolute atomic E-state index is 0.0662. The van der Waals surface area contributed by atoms with Crippen LogP contribution < -0.4 is 0 Å². The fraction of sp³-hybridized carbons (Fsp3) is 0.789. The van der Waals surface area contributed by atoms with Gasteiger partial charge in [-0.1, -0.05) is 38.0 Å². The molecule has 0 amide bonds. The molecule has 2 aliphatic rings. The molecule has 2 rings (SSSR count). The van der Waals surface area contributed by atoms with E-state index in [0.29, 0.717) is 5.92 Å². The molecule has 23 heavy (non-hydrogen) atoms. The molecule has 1 aliphatic carbocycles. The van der Waals surface area contributed by atoms with Crippen LogP contribution in [0.1, 0.15) is 67.2 Å². The Hall–Kier alpha value is -0.575. The van der Waals surface area contributed by atoms with Gasteiger partial charge in [-0.2, -0.15) is 0 Å². The lowest BCUT2D eigenvalue weighted by molar-refractivity contribution is -0.0119. The molecule has 0 aromatic rings. The largest absolute Gasteiger partial charge is 0.465 e. The second-order valence-corrected chi connectivity index (χ2v) is 8.05. The Labute approximate surface area is 142 Å². The lowest BCUT2D eigenvalue weighted by atomic mass is 9.64. The standard InChI is InChI=1S/C19H33BO3/c1-7-19(6)18(4,5)22-20(23-19)17-11-10-14(2)8-9-15(3)12-16(17)13-21/h9,12,14,17,21H,7-8,10-11,13H2,1-6H3/b15-9?,16-12-. The second kappa shape index (κ2) is 7.12. The van der Waals surface area contributed by atoms with Crippen LogP contribution >= 0.6 is 0 Å². The highest BCUT2D eigenvalue weighted by molar-refractivity contribution is 6.48. The number of hydrogen-bond acceptors (Lipinski definition) is 3. The minimum atomic E-state index is -0.318. The molecule has 1 N–H and O–H groups in total. The fourth-order valence-electron chi connectivity index (χ4n) is 3.60. The summed E-state index contributed by atoms with van der Waals surface area (Å²) in [7, 11) is -0.272. The van der Waals surface area contributed by atoms with Crippen LogP contribution in [0.3, 0.4) is 0 Å². The monoisotopic (exact) mass is 320 g/mol. The summed E-state index contributed by atoms with van der Waals surface area (Å²) >= 11 is 0. The smallest absolute Gasteiger partial charge is 0.403 e. The van der Waals surface area contributed by atoms with E-state index in [0.717, 1.165) is 31.3 Å². The van der Waals surface area contributed by atoms with Crippen LogP contribution in [0.5, 0.6) is 0 Å². The lowest BCUT2D eigenvalue weighted by Crippen LogP contribution is -2.44. The van der Waals surface area contributed by atoms with Gasteiger partial charge in [0.2, 0.25) is 0 Å². The maximum atomic E-state index is 9.92. The quantitative estimate of drug-likeness (QED) is 0.777. The summed E-state index contributed by atoms with van der Waals surface area (Å²) in [6, 6.07) is 0. The summed E-state index contributed by atoms with van der Waals surface area (Å²) in [5.74, 6) is 0.766. The van der Waals surface area contributed by atoms with Crippen molar-refractivity contribution < 1.29 is 14.4 Å². The molecule has 3 unspecified atom stereocenters. The van der Waals surface area contributed by atoms with Gasteiger partial charge in [0.15, 0.2) is 0 Å². The SMILES string of the molecule is CCC1(C)OB(C2CCC(C)CC=C(C)/C=C\2CO)OC1(C)C. The number of allylic oxidation sites excluding steroid dienone is 3. The van der Waals surface area contributed by atoms with Crippen molar-refractivity contribution in [1.82, 2.24) is 0 Å². The van der Waals surface area contributed by atoms with Crippen LogP contribution in [0.15, 0.2) is 23.3 Å². The molecule has 0 saturated carbocycles. The van der Waals surface area contributed by atoms with E-state index in [4.69, 9.17) is 9.31 Å². The van der Waals surface area contributed by atoms with Gasteiger partial charge in [0, 0.05) is 5.82 Å². The van der Waals surface area contributed by atoms with Crippen molar-refractivity contribution in [3.05, 3.63) is 23.3 Å². The first-order valence-electron chi connectivity index (χ1n) is 9.06. The molecule has 130 valence electrons. The minimum Gasteiger partial charge on any atom is -0.403 e. The average Bonchev–Trinajstić information content (AvgIpc) is 2.77. The van der Waals surface area contributed by atoms with Gasteiger partial charge in [0.25, 0.3) is 0 Å². The number of rotatable bonds is 3. The normalized spacial score (nSPS) is 37.4. The summed E-state index contributed by atoms with van der Waals surface area (Å²) in [6.45, 7) is 13.0. The van der Waals surface area contributed by atoms with E-state index in [1.807, 2.05) is 0 Å². The molecule has 0 radical (unpaired) electrons. The molecule has 0 spiro atoms. The van der Waals surface area contributed by atoms with Crippen molar-refractivity contribution in [3.63, 3.8) is 0 Å². The third-order valence-corrected chi connectivity index (χ3v) is 5.95. The van der Waals surface area contributed by atoms with Crippen LogP contribution in [0, 0.1) is 5.92 Å². The van der Waals surface area contributed by atoms with E-state index in [-0.39, 0.29) is 30.7 Å². The third kappa shape index (κ3) is 3.92. The molecule has 1 aliphatic heterocycles. The first kappa shape index (κ1) is 18.8. The maximum Gasteiger partial charge on any atom is 0.465 e. The highest BCUT2D eigenvalue weighted by atomic mass is 16.7. The Bertz CT molecular complexity index is 483. The zero-order valence-corrected chi connectivity index (χ0v) is 15.7. The Balaban J connectivity index is 2.30. The first-order valence-corrected chi connectivity index (χ1v) is 9.06. The fourth-order valence-corrected chi connectivity index (χ4v) is 3.60. The molecule has 0 aromatic carbocycles. The van der Waals surface area contributed by atoms with Gasteiger partial charge in [-0.25, -0.2) is 0 Å². The molecule has 1 heterocycles. The molecule has 1 saturated heterocycles. The van der Waals surface area contributed by atoms with Crippen LogP contribution in [0.4, 0.5) is 0 Å². The molecule has 4 heteroatoms. The van der Waals surface area contributed by atoms with Crippen LogP contribution in [-0.4, -0.2) is 30.0 Å². The number of hydrogen-bond donors (Lipinski definition) is 1. The molecule has 0 bridgehead atoms. The zero-order valence-electron chi connectivity index (χ0n) is 15.7. The molecular weight excluding hydrogens is 287 g/mol. The molecule has 1 fully saturated rings. The van der Waals surface area contributed by atoms with Crippen LogP contribution in [-0.2, 0) is 9.31 Å². The van der Waals surface area contributed by atoms with Gasteiger partial charge in [-0.3, -0.25) is 0 Å². The Morgan fingerprint density at radius 1 is 1.26 bits per heavy atom. The predicted octanol–water partition coefficient (Wildman–Crippen LogP) is 4.52. The summed E-state index contributed by atoms with van der Waals surface area (Å²) in [5.41, 5.74) is 1.66. The van der Waals surface area contributed by atoms with Gasteiger partial charge >= 0.3 is 7.12 Å². The van der Waals surface area contributed by atoms with Gasteiger partial charge in [0.1, 0.15) is 0 Å². The van der Waals surface area contributed by atoms with E-state index in [1.165, 1.54) is 5.57 Å². The summed E-state index contributed by atoms with van der Waals surface area (Å²) < 4.78 is 12.7. The summed E-state index contributed by atoms with van der Waals surface area (Å²) in [4.78, 5) is 0. The first-order chi connectivity index (χ1) is 10.7. The number of aliphatic hydroxyl groups excluding tert-OH is 1. The van der Waals surface area contributed by atoms with Gasteiger partial charge in [-0.15, -0.1) is 0 Å². The van der Waals surface area contributed by atoms with Gasteiger partial charge < -0.3 is 14.4 Å². The summed E-state index contributed by atoms with van der Waals surface area (Å²) in [6.07, 6.45) is 8.53. The van der Waals surface area contributed by atoms with Crippen molar-refractivity contribution in [3.8, 4) is 0 Å². The highest BCUT2D eigenvalue weighted by Gasteiger charge is 2.55. The van der Waals surface area contributed by atoms with Crippen molar-refractivity contribution >= 4 is 7.12 Å². The van der Waals surface area contributed by atoms with Crippen molar-refractivity contribution in [2.45, 2.75) is 84.2 Å². The van der Waals surface area contributed by atoms with E-state index in [2.05, 4.69) is 53.7 Å².